The van der Waals surface area contributed by atoms with Crippen molar-refractivity contribution >= 4 is 11.9 Å². The molecule has 1 aliphatic rings. The number of allylic oxidation sites excluding steroid dienone is 1. The number of hydrogen-bond acceptors (Lipinski definition) is 7. The minimum atomic E-state index is -1.03. The van der Waals surface area contributed by atoms with Crippen molar-refractivity contribution in [2.24, 2.45) is 5.73 Å². The van der Waals surface area contributed by atoms with Crippen molar-refractivity contribution in [1.82, 2.24) is 0 Å². The van der Waals surface area contributed by atoms with Gasteiger partial charge in [-0.05, 0) is 17.7 Å². The van der Waals surface area contributed by atoms with Gasteiger partial charge in [-0.15, -0.1) is 0 Å². The van der Waals surface area contributed by atoms with Crippen LogP contribution in [0, 0.1) is 17.1 Å². The average molecular weight is 346 g/mol. The SMILES string of the molecule is COC(=O)CC1=C(C(=O)OC)[C@@H](c2cccc(F)c2)C(C#N)=C(N)O1. The molecular weight excluding hydrogens is 331 g/mol. The number of nitrogens with two attached hydrogens (primary N) is 1. The molecular formula is C17H15FN2O5. The van der Waals surface area contributed by atoms with Crippen LogP contribution in [0.25, 0.3) is 0 Å². The fourth-order valence-corrected chi connectivity index (χ4v) is 2.51. The van der Waals surface area contributed by atoms with Crippen LogP contribution < -0.4 is 5.73 Å². The van der Waals surface area contributed by atoms with Crippen LogP contribution in [0.15, 0.2) is 47.1 Å². The number of benzene rings is 1. The molecule has 0 unspecified atom stereocenters. The zero-order chi connectivity index (χ0) is 18.6. The smallest absolute Gasteiger partial charge is 0.338 e. The van der Waals surface area contributed by atoms with Crippen LogP contribution in [-0.2, 0) is 23.8 Å². The van der Waals surface area contributed by atoms with Crippen molar-refractivity contribution in [2.45, 2.75) is 12.3 Å². The van der Waals surface area contributed by atoms with E-state index in [4.69, 9.17) is 15.2 Å². The number of carbonyl (C=O) groups is 2. The fourth-order valence-electron chi connectivity index (χ4n) is 2.51. The second kappa shape index (κ2) is 7.49. The van der Waals surface area contributed by atoms with E-state index in [2.05, 4.69) is 4.74 Å². The van der Waals surface area contributed by atoms with Gasteiger partial charge in [0, 0.05) is 0 Å². The number of ether oxygens (including phenoxy) is 3. The summed E-state index contributed by atoms with van der Waals surface area (Å²) in [5, 5.41) is 9.42. The van der Waals surface area contributed by atoms with Gasteiger partial charge in [-0.1, -0.05) is 12.1 Å². The summed E-state index contributed by atoms with van der Waals surface area (Å²) in [4.78, 5) is 23.9. The van der Waals surface area contributed by atoms with Crippen LogP contribution >= 0.6 is 0 Å². The molecule has 0 aliphatic carbocycles. The minimum Gasteiger partial charge on any atom is -0.469 e. The molecule has 0 amide bonds. The van der Waals surface area contributed by atoms with Gasteiger partial charge in [-0.25, -0.2) is 9.18 Å². The van der Waals surface area contributed by atoms with Gasteiger partial charge in [-0.2, -0.15) is 5.26 Å². The number of nitrogens with zero attached hydrogens (tertiary/aromatic N) is 1. The third-order valence-electron chi connectivity index (χ3n) is 3.62. The monoisotopic (exact) mass is 346 g/mol. The van der Waals surface area contributed by atoms with Crippen molar-refractivity contribution in [3.8, 4) is 6.07 Å². The Kier molecular flexibility index (Phi) is 5.39. The van der Waals surface area contributed by atoms with Gasteiger partial charge in [0.25, 0.3) is 0 Å². The topological polar surface area (TPSA) is 112 Å². The van der Waals surface area contributed by atoms with E-state index in [1.165, 1.54) is 31.4 Å². The maximum absolute atomic E-state index is 13.7. The highest BCUT2D eigenvalue weighted by atomic mass is 19.1. The lowest BCUT2D eigenvalue weighted by Gasteiger charge is -2.27. The summed E-state index contributed by atoms with van der Waals surface area (Å²) >= 11 is 0. The Morgan fingerprint density at radius 1 is 1.36 bits per heavy atom. The largest absolute Gasteiger partial charge is 0.469 e. The number of hydrogen-bond donors (Lipinski definition) is 1. The van der Waals surface area contributed by atoms with Gasteiger partial charge in [0.15, 0.2) is 0 Å². The number of carbonyl (C=O) groups excluding carboxylic acids is 2. The molecule has 1 atom stereocenters. The number of rotatable bonds is 4. The van der Waals surface area contributed by atoms with Crippen molar-refractivity contribution in [2.75, 3.05) is 14.2 Å². The van der Waals surface area contributed by atoms with Crippen LogP contribution in [-0.4, -0.2) is 26.2 Å². The summed E-state index contributed by atoms with van der Waals surface area (Å²) in [5.41, 5.74) is 5.88. The molecule has 2 rings (SSSR count). The molecule has 0 saturated heterocycles. The van der Waals surface area contributed by atoms with Gasteiger partial charge < -0.3 is 19.9 Å². The highest BCUT2D eigenvalue weighted by Gasteiger charge is 2.38. The summed E-state index contributed by atoms with van der Waals surface area (Å²) in [6, 6.07) is 7.22. The van der Waals surface area contributed by atoms with E-state index in [-0.39, 0.29) is 22.8 Å². The summed E-state index contributed by atoms with van der Waals surface area (Å²) in [7, 11) is 2.31. The Balaban J connectivity index is 2.69. The van der Waals surface area contributed by atoms with Gasteiger partial charge in [0.2, 0.25) is 5.88 Å². The summed E-state index contributed by atoms with van der Waals surface area (Å²) in [5.74, 6) is -3.47. The molecule has 0 bridgehead atoms. The Bertz CT molecular complexity index is 823. The lowest BCUT2D eigenvalue weighted by molar-refractivity contribution is -0.140. The number of halogens is 1. The van der Waals surface area contributed by atoms with Crippen molar-refractivity contribution in [3.05, 3.63) is 58.4 Å². The van der Waals surface area contributed by atoms with Gasteiger partial charge in [-0.3, -0.25) is 4.79 Å². The Hall–Kier alpha value is -3.34. The number of methoxy groups -OCH3 is 2. The van der Waals surface area contributed by atoms with Crippen LogP contribution in [0.1, 0.15) is 17.9 Å². The first-order valence-corrected chi connectivity index (χ1v) is 7.14. The maximum atomic E-state index is 13.7. The molecule has 1 aliphatic heterocycles. The molecule has 8 heteroatoms. The van der Waals surface area contributed by atoms with E-state index < -0.39 is 30.1 Å². The molecule has 0 spiro atoms. The first-order chi connectivity index (χ1) is 11.9. The van der Waals surface area contributed by atoms with Crippen LogP contribution in [0.2, 0.25) is 0 Å². The summed E-state index contributed by atoms with van der Waals surface area (Å²) < 4.78 is 28.3. The predicted molar refractivity (Wildman–Crippen MR) is 82.7 cm³/mol. The normalized spacial score (nSPS) is 16.8. The van der Waals surface area contributed by atoms with Gasteiger partial charge in [0.1, 0.15) is 29.6 Å². The first-order valence-electron chi connectivity index (χ1n) is 7.14. The van der Waals surface area contributed by atoms with Crippen molar-refractivity contribution in [1.29, 1.82) is 5.26 Å². The Morgan fingerprint density at radius 3 is 2.64 bits per heavy atom. The Morgan fingerprint density at radius 2 is 2.08 bits per heavy atom. The quantitative estimate of drug-likeness (QED) is 0.825. The average Bonchev–Trinajstić information content (AvgIpc) is 2.60. The summed E-state index contributed by atoms with van der Waals surface area (Å²) in [6.07, 6.45) is -0.397. The van der Waals surface area contributed by atoms with E-state index in [0.29, 0.717) is 5.56 Å². The molecule has 1 aromatic rings. The Labute approximate surface area is 143 Å². The van der Waals surface area contributed by atoms with E-state index in [0.717, 1.165) is 7.11 Å². The standard InChI is InChI=1S/C17H15FN2O5/c1-23-13(21)7-12-15(17(22)24-2)14(11(8-19)16(20)25-12)9-4-3-5-10(18)6-9/h3-6,14H,7,20H2,1-2H3/t14-/m0/s1. The predicted octanol–water partition coefficient (Wildman–Crippen LogP) is 1.62. The highest BCUT2D eigenvalue weighted by Crippen LogP contribution is 2.40. The molecule has 1 heterocycles. The van der Waals surface area contributed by atoms with Gasteiger partial charge in [0.05, 0.1) is 25.7 Å². The second-order valence-corrected chi connectivity index (χ2v) is 5.06. The molecule has 1 aromatic carbocycles. The van der Waals surface area contributed by atoms with Crippen molar-refractivity contribution < 1.29 is 28.2 Å². The van der Waals surface area contributed by atoms with Crippen LogP contribution in [0.3, 0.4) is 0 Å². The van der Waals surface area contributed by atoms with Crippen LogP contribution in [0.5, 0.6) is 0 Å². The zero-order valence-corrected chi connectivity index (χ0v) is 13.5. The summed E-state index contributed by atoms with van der Waals surface area (Å²) in [6.45, 7) is 0. The zero-order valence-electron chi connectivity index (χ0n) is 13.5. The fraction of sp³-hybridized carbons (Fsp3) is 0.235. The van der Waals surface area contributed by atoms with Crippen LogP contribution in [0.4, 0.5) is 4.39 Å². The van der Waals surface area contributed by atoms with E-state index in [1.54, 1.807) is 0 Å². The minimum absolute atomic E-state index is 0.0837. The van der Waals surface area contributed by atoms with Crippen molar-refractivity contribution in [3.63, 3.8) is 0 Å². The molecule has 7 nitrogen and oxygen atoms in total. The molecule has 2 N–H and O–H groups in total. The molecule has 25 heavy (non-hydrogen) atoms. The van der Waals surface area contributed by atoms with Gasteiger partial charge >= 0.3 is 11.9 Å². The maximum Gasteiger partial charge on any atom is 0.338 e. The van der Waals surface area contributed by atoms with E-state index in [1.807, 2.05) is 6.07 Å². The lowest BCUT2D eigenvalue weighted by Crippen LogP contribution is -2.27. The first kappa shape index (κ1) is 18.0. The number of nitriles is 1. The molecule has 0 saturated carbocycles. The number of esters is 2. The second-order valence-electron chi connectivity index (χ2n) is 5.06. The molecule has 0 fully saturated rings. The molecule has 130 valence electrons. The third-order valence-corrected chi connectivity index (χ3v) is 3.62. The van der Waals surface area contributed by atoms with E-state index in [9.17, 15) is 19.2 Å². The highest BCUT2D eigenvalue weighted by molar-refractivity contribution is 5.93. The third kappa shape index (κ3) is 3.61. The molecule has 0 radical (unpaired) electrons. The van der Waals surface area contributed by atoms with E-state index >= 15 is 0 Å². The lowest BCUT2D eigenvalue weighted by atomic mass is 9.82. The molecule has 0 aromatic heterocycles.